The van der Waals surface area contributed by atoms with E-state index in [1.54, 1.807) is 0 Å². The van der Waals surface area contributed by atoms with Crippen LogP contribution < -0.4 is 10.7 Å². The van der Waals surface area contributed by atoms with Crippen molar-refractivity contribution in [3.05, 3.63) is 40.6 Å². The van der Waals surface area contributed by atoms with Gasteiger partial charge in [-0.2, -0.15) is 0 Å². The second kappa shape index (κ2) is 3.10. The summed E-state index contributed by atoms with van der Waals surface area (Å²) in [7, 11) is 0. The molecule has 0 radical (unpaired) electrons. The summed E-state index contributed by atoms with van der Waals surface area (Å²) in [5.74, 6) is -0.209. The number of anilines is 1. The number of rotatable bonds is 2. The second-order valence-corrected chi connectivity index (χ2v) is 3.13. The normalized spacial score (nSPS) is 10.4. The Balaban J connectivity index is 2.28. The minimum absolute atomic E-state index is 0.0635. The lowest BCUT2D eigenvalue weighted by atomic mass is 10.2. The molecule has 2 aromatic carbocycles. The molecule has 0 unspecified atom stereocenters. The SMILES string of the molecule is CC(=O)Nc1c(-c2ccccc2)c1=O. The molecular formula is C11H9NO2. The van der Waals surface area contributed by atoms with Crippen molar-refractivity contribution in [2.75, 3.05) is 5.32 Å². The third kappa shape index (κ3) is 1.44. The van der Waals surface area contributed by atoms with E-state index in [9.17, 15) is 9.59 Å². The van der Waals surface area contributed by atoms with Crippen LogP contribution in [0, 0.1) is 0 Å². The molecule has 14 heavy (non-hydrogen) atoms. The summed E-state index contributed by atoms with van der Waals surface area (Å²) >= 11 is 0. The fourth-order valence-electron chi connectivity index (χ4n) is 1.35. The monoisotopic (exact) mass is 187 g/mol. The molecule has 0 fully saturated rings. The molecule has 0 saturated heterocycles. The van der Waals surface area contributed by atoms with Crippen molar-refractivity contribution >= 4 is 11.6 Å². The largest absolute Gasteiger partial charge is 0.322 e. The van der Waals surface area contributed by atoms with Gasteiger partial charge in [0.1, 0.15) is 5.69 Å². The molecule has 1 N–H and O–H groups in total. The third-order valence-corrected chi connectivity index (χ3v) is 2.01. The van der Waals surface area contributed by atoms with Crippen LogP contribution in [-0.4, -0.2) is 5.91 Å². The van der Waals surface area contributed by atoms with Crippen molar-refractivity contribution < 1.29 is 4.79 Å². The maximum Gasteiger partial charge on any atom is 0.221 e. The molecule has 0 spiro atoms. The highest BCUT2D eigenvalue weighted by atomic mass is 16.2. The number of amides is 1. The molecule has 0 aliphatic heterocycles. The molecule has 2 aromatic rings. The zero-order chi connectivity index (χ0) is 10.1. The van der Waals surface area contributed by atoms with E-state index in [4.69, 9.17) is 0 Å². The predicted octanol–water partition coefficient (Wildman–Crippen LogP) is 1.55. The average molecular weight is 187 g/mol. The smallest absolute Gasteiger partial charge is 0.221 e. The van der Waals surface area contributed by atoms with E-state index in [1.165, 1.54) is 6.92 Å². The number of benzene rings is 1. The quantitative estimate of drug-likeness (QED) is 0.775. The molecule has 0 bridgehead atoms. The van der Waals surface area contributed by atoms with E-state index in [-0.39, 0.29) is 11.3 Å². The number of hydrogen-bond acceptors (Lipinski definition) is 2. The Hall–Kier alpha value is -1.90. The number of nitrogens with one attached hydrogen (secondary N) is 1. The van der Waals surface area contributed by atoms with E-state index in [0.29, 0.717) is 11.3 Å². The lowest BCUT2D eigenvalue weighted by molar-refractivity contribution is -0.114. The lowest BCUT2D eigenvalue weighted by Crippen LogP contribution is -2.04. The summed E-state index contributed by atoms with van der Waals surface area (Å²) in [5.41, 5.74) is 1.86. The van der Waals surface area contributed by atoms with Gasteiger partial charge in [0, 0.05) is 6.92 Å². The van der Waals surface area contributed by atoms with Crippen LogP contribution in [0.4, 0.5) is 5.69 Å². The van der Waals surface area contributed by atoms with Gasteiger partial charge in [-0.25, -0.2) is 0 Å². The van der Waals surface area contributed by atoms with Crippen LogP contribution >= 0.6 is 0 Å². The molecule has 0 atom stereocenters. The van der Waals surface area contributed by atoms with Gasteiger partial charge in [-0.15, -0.1) is 0 Å². The molecule has 0 aliphatic carbocycles. The zero-order valence-electron chi connectivity index (χ0n) is 7.70. The molecule has 2 rings (SSSR count). The van der Waals surface area contributed by atoms with Crippen LogP contribution in [0.2, 0.25) is 0 Å². The summed E-state index contributed by atoms with van der Waals surface area (Å²) in [6, 6.07) is 9.30. The van der Waals surface area contributed by atoms with E-state index in [1.807, 2.05) is 30.3 Å². The highest BCUT2D eigenvalue weighted by Crippen LogP contribution is 2.29. The van der Waals surface area contributed by atoms with Crippen molar-refractivity contribution in [3.63, 3.8) is 0 Å². The number of hydrogen-bond donors (Lipinski definition) is 1. The van der Waals surface area contributed by atoms with Crippen molar-refractivity contribution in [1.82, 2.24) is 0 Å². The first kappa shape index (κ1) is 8.69. The average Bonchev–Trinajstić information content (AvgIpc) is 2.77. The number of carbonyl (C=O) groups is 1. The van der Waals surface area contributed by atoms with Gasteiger partial charge in [0.2, 0.25) is 11.3 Å². The summed E-state index contributed by atoms with van der Waals surface area (Å²) in [6.45, 7) is 1.39. The summed E-state index contributed by atoms with van der Waals surface area (Å²) in [4.78, 5) is 22.0. The first-order chi connectivity index (χ1) is 6.70. The van der Waals surface area contributed by atoms with Crippen LogP contribution in [0.1, 0.15) is 6.92 Å². The van der Waals surface area contributed by atoms with Gasteiger partial charge in [0.15, 0.2) is 0 Å². The Kier molecular flexibility index (Phi) is 1.93. The van der Waals surface area contributed by atoms with Crippen LogP contribution in [0.3, 0.4) is 0 Å². The zero-order valence-corrected chi connectivity index (χ0v) is 7.70. The summed E-state index contributed by atoms with van der Waals surface area (Å²) in [6.07, 6.45) is 0. The van der Waals surface area contributed by atoms with E-state index in [2.05, 4.69) is 5.32 Å². The molecule has 0 saturated carbocycles. The molecule has 1 amide bonds. The Bertz CT molecular complexity index is 478. The fraction of sp³-hybridized carbons (Fsp3) is 0.0909. The summed E-state index contributed by atoms with van der Waals surface area (Å²) < 4.78 is 0. The molecule has 70 valence electrons. The van der Waals surface area contributed by atoms with Crippen LogP contribution in [0.25, 0.3) is 11.1 Å². The van der Waals surface area contributed by atoms with Crippen molar-refractivity contribution in [1.29, 1.82) is 0 Å². The summed E-state index contributed by atoms with van der Waals surface area (Å²) in [5, 5.41) is 2.51. The van der Waals surface area contributed by atoms with Crippen LogP contribution in [-0.2, 0) is 4.79 Å². The van der Waals surface area contributed by atoms with Crippen molar-refractivity contribution in [2.45, 2.75) is 6.92 Å². The predicted molar refractivity (Wildman–Crippen MR) is 54.8 cm³/mol. The Labute approximate surface area is 81.1 Å². The topological polar surface area (TPSA) is 46.2 Å². The van der Waals surface area contributed by atoms with Gasteiger partial charge in [-0.1, -0.05) is 30.3 Å². The van der Waals surface area contributed by atoms with E-state index < -0.39 is 0 Å². The van der Waals surface area contributed by atoms with Gasteiger partial charge in [-0.3, -0.25) is 9.59 Å². The Morgan fingerprint density at radius 3 is 2.43 bits per heavy atom. The molecule has 3 nitrogen and oxygen atoms in total. The van der Waals surface area contributed by atoms with Crippen LogP contribution in [0.5, 0.6) is 0 Å². The highest BCUT2D eigenvalue weighted by Gasteiger charge is 2.24. The maximum atomic E-state index is 11.3. The maximum absolute atomic E-state index is 11.3. The molecular weight excluding hydrogens is 178 g/mol. The Morgan fingerprint density at radius 2 is 1.86 bits per heavy atom. The highest BCUT2D eigenvalue weighted by molar-refractivity contribution is 6.00. The minimum atomic E-state index is -0.209. The van der Waals surface area contributed by atoms with Crippen molar-refractivity contribution in [3.8, 4) is 11.1 Å². The standard InChI is InChI=1S/C11H9NO2/c1-7(13)12-10-9(11(10)14)8-5-3-2-4-6-8/h2-6H,1H3,(H,12,13). The number of carbonyl (C=O) groups excluding carboxylic acids is 1. The second-order valence-electron chi connectivity index (χ2n) is 3.13. The minimum Gasteiger partial charge on any atom is -0.322 e. The third-order valence-electron chi connectivity index (χ3n) is 2.01. The first-order valence-corrected chi connectivity index (χ1v) is 4.32. The van der Waals surface area contributed by atoms with Gasteiger partial charge in [-0.05, 0) is 5.56 Å². The molecule has 0 aliphatic rings. The molecule has 0 heterocycles. The van der Waals surface area contributed by atoms with E-state index in [0.717, 1.165) is 5.56 Å². The first-order valence-electron chi connectivity index (χ1n) is 4.32. The molecule has 3 heteroatoms. The lowest BCUT2D eigenvalue weighted by Gasteiger charge is -1.92. The van der Waals surface area contributed by atoms with Gasteiger partial charge in [0.25, 0.3) is 0 Å². The van der Waals surface area contributed by atoms with Gasteiger partial charge >= 0.3 is 0 Å². The van der Waals surface area contributed by atoms with Gasteiger partial charge in [0.05, 0.1) is 5.56 Å². The molecule has 0 aromatic heterocycles. The van der Waals surface area contributed by atoms with Crippen LogP contribution in [0.15, 0.2) is 35.1 Å². The van der Waals surface area contributed by atoms with E-state index >= 15 is 0 Å². The van der Waals surface area contributed by atoms with Crippen molar-refractivity contribution in [2.24, 2.45) is 0 Å². The Morgan fingerprint density at radius 1 is 1.21 bits per heavy atom. The fourth-order valence-corrected chi connectivity index (χ4v) is 1.35. The van der Waals surface area contributed by atoms with Gasteiger partial charge < -0.3 is 5.32 Å².